The maximum Gasteiger partial charge on any atom is 0.417 e. The van der Waals surface area contributed by atoms with Gasteiger partial charge >= 0.3 is 6.18 Å². The van der Waals surface area contributed by atoms with E-state index in [1.54, 1.807) is 24.3 Å². The Hall–Kier alpha value is -3.06. The van der Waals surface area contributed by atoms with Crippen LogP contribution in [0.5, 0.6) is 5.75 Å². The number of thioether (sulfide) groups is 1. The van der Waals surface area contributed by atoms with E-state index in [2.05, 4.69) is 4.98 Å². The minimum Gasteiger partial charge on any atom is -0.494 e. The summed E-state index contributed by atoms with van der Waals surface area (Å²) in [7, 11) is 0. The number of ether oxygens (including phenoxy) is 1. The van der Waals surface area contributed by atoms with Crippen molar-refractivity contribution in [2.75, 3.05) is 11.5 Å². The molecule has 1 atom stereocenters. The van der Waals surface area contributed by atoms with Gasteiger partial charge in [0.2, 0.25) is 11.8 Å². The predicted molar refractivity (Wildman–Crippen MR) is 103 cm³/mol. The van der Waals surface area contributed by atoms with Crippen LogP contribution in [-0.2, 0) is 15.8 Å². The lowest BCUT2D eigenvalue weighted by molar-refractivity contribution is -0.138. The van der Waals surface area contributed by atoms with Gasteiger partial charge in [-0.05, 0) is 44.2 Å². The molecule has 2 amide bonds. The molecular formula is C20H16F3N3O3S. The van der Waals surface area contributed by atoms with Crippen molar-refractivity contribution in [2.24, 2.45) is 0 Å². The summed E-state index contributed by atoms with van der Waals surface area (Å²) in [4.78, 5) is 30.3. The number of benzene rings is 1. The minimum atomic E-state index is -4.74. The highest BCUT2D eigenvalue weighted by atomic mass is 32.2. The van der Waals surface area contributed by atoms with Crippen molar-refractivity contribution in [1.82, 2.24) is 4.98 Å². The molecule has 0 aliphatic carbocycles. The fourth-order valence-corrected chi connectivity index (χ4v) is 4.19. The van der Waals surface area contributed by atoms with E-state index in [0.717, 1.165) is 11.0 Å². The Bertz CT molecular complexity index is 1030. The lowest BCUT2D eigenvalue weighted by atomic mass is 10.1. The van der Waals surface area contributed by atoms with Crippen LogP contribution in [0.25, 0.3) is 0 Å². The first-order chi connectivity index (χ1) is 14.2. The number of anilines is 1. The maximum atomic E-state index is 13.3. The molecule has 1 aliphatic rings. The smallest absolute Gasteiger partial charge is 0.417 e. The molecule has 0 N–H and O–H groups in total. The number of rotatable bonds is 5. The number of aryl methyl sites for hydroxylation is 1. The lowest BCUT2D eigenvalue weighted by Crippen LogP contribution is -2.31. The van der Waals surface area contributed by atoms with Crippen molar-refractivity contribution in [2.45, 2.75) is 36.7 Å². The summed E-state index contributed by atoms with van der Waals surface area (Å²) in [5.74, 6) is -0.479. The van der Waals surface area contributed by atoms with Crippen molar-refractivity contribution in [3.05, 3.63) is 47.2 Å². The van der Waals surface area contributed by atoms with Crippen LogP contribution < -0.4 is 9.64 Å². The van der Waals surface area contributed by atoms with E-state index in [-0.39, 0.29) is 17.1 Å². The van der Waals surface area contributed by atoms with Crippen molar-refractivity contribution >= 4 is 29.3 Å². The van der Waals surface area contributed by atoms with Gasteiger partial charge in [-0.2, -0.15) is 18.4 Å². The summed E-state index contributed by atoms with van der Waals surface area (Å²) in [5.41, 5.74) is -1.37. The average Bonchev–Trinajstić information content (AvgIpc) is 2.95. The van der Waals surface area contributed by atoms with Gasteiger partial charge in [0, 0.05) is 12.1 Å². The number of alkyl halides is 3. The van der Waals surface area contributed by atoms with Gasteiger partial charge in [-0.15, -0.1) is 0 Å². The highest BCUT2D eigenvalue weighted by Crippen LogP contribution is 2.39. The zero-order chi connectivity index (χ0) is 22.1. The third-order valence-electron chi connectivity index (χ3n) is 4.30. The van der Waals surface area contributed by atoms with Gasteiger partial charge in [0.1, 0.15) is 16.8 Å². The Balaban J connectivity index is 1.89. The number of nitrogens with zero attached hydrogens (tertiary/aromatic N) is 3. The van der Waals surface area contributed by atoms with Crippen LogP contribution in [0, 0.1) is 18.3 Å². The van der Waals surface area contributed by atoms with E-state index in [9.17, 15) is 28.0 Å². The van der Waals surface area contributed by atoms with E-state index >= 15 is 0 Å². The molecule has 30 heavy (non-hydrogen) atoms. The molecule has 1 aromatic carbocycles. The molecule has 156 valence electrons. The standard InChI is InChI=1S/C20H16F3N3O3S/c1-3-29-13-6-4-12(5-7-13)26-17(27)9-16(19(26)28)30-18-14(10-24)15(20(21,22)23)8-11(2)25-18/h4-8,16H,3,9H2,1-2H3/t16-/m1/s1. The first-order valence-electron chi connectivity index (χ1n) is 8.91. The topological polar surface area (TPSA) is 83.3 Å². The van der Waals surface area contributed by atoms with Crippen molar-refractivity contribution in [3.8, 4) is 11.8 Å². The average molecular weight is 435 g/mol. The first kappa shape index (κ1) is 21.6. The zero-order valence-corrected chi connectivity index (χ0v) is 16.8. The quantitative estimate of drug-likeness (QED) is 0.658. The fourth-order valence-electron chi connectivity index (χ4n) is 3.02. The molecule has 1 aromatic heterocycles. The largest absolute Gasteiger partial charge is 0.494 e. The molecule has 0 spiro atoms. The van der Waals surface area contributed by atoms with Crippen LogP contribution in [0.2, 0.25) is 0 Å². The molecule has 0 radical (unpaired) electrons. The molecule has 1 aliphatic heterocycles. The molecule has 2 heterocycles. The number of nitriles is 1. The molecule has 1 fully saturated rings. The molecule has 1 saturated heterocycles. The highest BCUT2D eigenvalue weighted by molar-refractivity contribution is 8.00. The SMILES string of the molecule is CCOc1ccc(N2C(=O)C[C@@H](Sc3nc(C)cc(C(F)(F)F)c3C#N)C2=O)cc1. The second kappa shape index (κ2) is 8.36. The van der Waals surface area contributed by atoms with E-state index in [4.69, 9.17) is 4.74 Å². The molecule has 10 heteroatoms. The van der Waals surface area contributed by atoms with Gasteiger partial charge < -0.3 is 4.74 Å². The molecule has 0 unspecified atom stereocenters. The van der Waals surface area contributed by atoms with Gasteiger partial charge in [0.05, 0.1) is 28.7 Å². The van der Waals surface area contributed by atoms with Gasteiger partial charge in [-0.3, -0.25) is 9.59 Å². The number of pyridine rings is 1. The third kappa shape index (κ3) is 4.26. The summed E-state index contributed by atoms with van der Waals surface area (Å²) in [6.07, 6.45) is -4.95. The van der Waals surface area contributed by atoms with Gasteiger partial charge in [-0.1, -0.05) is 11.8 Å². The van der Waals surface area contributed by atoms with E-state index in [1.807, 2.05) is 6.92 Å². The van der Waals surface area contributed by atoms with Crippen molar-refractivity contribution in [1.29, 1.82) is 5.26 Å². The van der Waals surface area contributed by atoms with E-state index < -0.39 is 34.4 Å². The van der Waals surface area contributed by atoms with Crippen LogP contribution >= 0.6 is 11.8 Å². The summed E-state index contributed by atoms with van der Waals surface area (Å²) in [6, 6.07) is 8.67. The predicted octanol–water partition coefficient (Wildman–Crippen LogP) is 4.10. The number of hydrogen-bond donors (Lipinski definition) is 0. The van der Waals surface area contributed by atoms with Crippen molar-refractivity contribution < 1.29 is 27.5 Å². The van der Waals surface area contributed by atoms with E-state index in [1.165, 1.54) is 13.0 Å². The lowest BCUT2D eigenvalue weighted by Gasteiger charge is -2.16. The van der Waals surface area contributed by atoms with Crippen molar-refractivity contribution in [3.63, 3.8) is 0 Å². The number of aromatic nitrogens is 1. The normalized spacial score (nSPS) is 16.7. The molecular weight excluding hydrogens is 419 g/mol. The number of hydrogen-bond acceptors (Lipinski definition) is 6. The Morgan fingerprint density at radius 1 is 1.30 bits per heavy atom. The monoisotopic (exact) mass is 435 g/mol. The second-order valence-electron chi connectivity index (χ2n) is 6.41. The third-order valence-corrected chi connectivity index (χ3v) is 5.47. The number of carbonyl (C=O) groups excluding carboxylic acids is 2. The van der Waals surface area contributed by atoms with Gasteiger partial charge in [-0.25, -0.2) is 9.88 Å². The fraction of sp³-hybridized carbons (Fsp3) is 0.300. The highest BCUT2D eigenvalue weighted by Gasteiger charge is 2.42. The molecule has 2 aromatic rings. The van der Waals surface area contributed by atoms with Crippen LogP contribution in [0.1, 0.15) is 30.2 Å². The number of amides is 2. The molecule has 0 bridgehead atoms. The molecule has 0 saturated carbocycles. The number of halogens is 3. The number of imide groups is 1. The number of carbonyl (C=O) groups is 2. The van der Waals surface area contributed by atoms with Crippen LogP contribution in [0.3, 0.4) is 0 Å². The maximum absolute atomic E-state index is 13.3. The zero-order valence-electron chi connectivity index (χ0n) is 16.0. The summed E-state index contributed by atoms with van der Waals surface area (Å²) < 4.78 is 45.2. The molecule has 6 nitrogen and oxygen atoms in total. The Kier molecular flexibility index (Phi) is 6.03. The van der Waals surface area contributed by atoms with Gasteiger partial charge in [0.15, 0.2) is 0 Å². The van der Waals surface area contributed by atoms with Crippen LogP contribution in [0.15, 0.2) is 35.4 Å². The Labute approximate surface area is 174 Å². The summed E-state index contributed by atoms with van der Waals surface area (Å²) in [6.45, 7) is 3.65. The van der Waals surface area contributed by atoms with Crippen LogP contribution in [-0.4, -0.2) is 28.7 Å². The van der Waals surface area contributed by atoms with Crippen LogP contribution in [0.4, 0.5) is 18.9 Å². The minimum absolute atomic E-state index is 0.0592. The van der Waals surface area contributed by atoms with Gasteiger partial charge in [0.25, 0.3) is 0 Å². The second-order valence-corrected chi connectivity index (χ2v) is 7.60. The Morgan fingerprint density at radius 2 is 1.97 bits per heavy atom. The Morgan fingerprint density at radius 3 is 2.53 bits per heavy atom. The van der Waals surface area contributed by atoms with E-state index in [0.29, 0.717) is 29.8 Å². The summed E-state index contributed by atoms with van der Waals surface area (Å²) in [5, 5.41) is 8.07. The first-order valence-corrected chi connectivity index (χ1v) is 9.79. The summed E-state index contributed by atoms with van der Waals surface area (Å²) >= 11 is 0.698. The molecule has 3 rings (SSSR count).